The van der Waals surface area contributed by atoms with Crippen LogP contribution in [0.2, 0.25) is 0 Å². The lowest BCUT2D eigenvalue weighted by atomic mass is 10.1. The Morgan fingerprint density at radius 2 is 1.63 bits per heavy atom. The SMILES string of the molecule is Cc1cc(C)c(NC(=O)CNC(=O)c2ccc(N3NC(=O)CCC3=O)cc2)c(C)c1. The number of carbonyl (C=O) groups is 4. The van der Waals surface area contributed by atoms with Crippen molar-refractivity contribution in [1.82, 2.24) is 10.7 Å². The zero-order valence-electron chi connectivity index (χ0n) is 17.2. The molecule has 156 valence electrons. The maximum absolute atomic E-state index is 12.3. The summed E-state index contributed by atoms with van der Waals surface area (Å²) in [6.45, 7) is 5.66. The van der Waals surface area contributed by atoms with Crippen molar-refractivity contribution in [3.63, 3.8) is 0 Å². The molecule has 1 aliphatic rings. The Hall–Kier alpha value is -3.68. The molecule has 0 spiro atoms. The summed E-state index contributed by atoms with van der Waals surface area (Å²) in [4.78, 5) is 48.0. The first-order valence-electron chi connectivity index (χ1n) is 9.63. The first-order chi connectivity index (χ1) is 14.2. The van der Waals surface area contributed by atoms with Crippen LogP contribution < -0.4 is 21.1 Å². The van der Waals surface area contributed by atoms with Crippen molar-refractivity contribution in [1.29, 1.82) is 0 Å². The van der Waals surface area contributed by atoms with Crippen LogP contribution in [0.3, 0.4) is 0 Å². The van der Waals surface area contributed by atoms with Gasteiger partial charge in [-0.25, -0.2) is 5.01 Å². The second kappa shape index (κ2) is 8.77. The fraction of sp³-hybridized carbons (Fsp3) is 0.273. The summed E-state index contributed by atoms with van der Waals surface area (Å²) >= 11 is 0. The van der Waals surface area contributed by atoms with Crippen LogP contribution in [0.25, 0.3) is 0 Å². The molecule has 0 unspecified atom stereocenters. The number of carbonyl (C=O) groups excluding carboxylic acids is 4. The van der Waals surface area contributed by atoms with Crippen molar-refractivity contribution in [2.45, 2.75) is 33.6 Å². The largest absolute Gasteiger partial charge is 0.343 e. The van der Waals surface area contributed by atoms with Gasteiger partial charge in [-0.3, -0.25) is 24.6 Å². The summed E-state index contributed by atoms with van der Waals surface area (Å²) in [5.41, 5.74) is 7.09. The maximum Gasteiger partial charge on any atom is 0.251 e. The number of aryl methyl sites for hydroxylation is 3. The fourth-order valence-corrected chi connectivity index (χ4v) is 3.37. The van der Waals surface area contributed by atoms with Gasteiger partial charge in [-0.1, -0.05) is 17.7 Å². The third kappa shape index (κ3) is 4.83. The highest BCUT2D eigenvalue weighted by Crippen LogP contribution is 2.22. The normalized spacial score (nSPS) is 13.6. The lowest BCUT2D eigenvalue weighted by Gasteiger charge is -2.27. The number of hydrogen-bond donors (Lipinski definition) is 3. The zero-order valence-corrected chi connectivity index (χ0v) is 17.2. The van der Waals surface area contributed by atoms with Crippen LogP contribution in [0.5, 0.6) is 0 Å². The molecule has 1 saturated heterocycles. The molecule has 0 saturated carbocycles. The molecule has 1 fully saturated rings. The molecule has 0 aromatic heterocycles. The molecule has 2 aromatic rings. The van der Waals surface area contributed by atoms with Gasteiger partial charge >= 0.3 is 0 Å². The van der Waals surface area contributed by atoms with Crippen molar-refractivity contribution in [2.75, 3.05) is 16.9 Å². The van der Waals surface area contributed by atoms with Gasteiger partial charge in [-0.2, -0.15) is 0 Å². The number of benzene rings is 2. The molecule has 2 aromatic carbocycles. The topological polar surface area (TPSA) is 108 Å². The first kappa shape index (κ1) is 21.0. The van der Waals surface area contributed by atoms with Crippen LogP contribution in [0, 0.1) is 20.8 Å². The highest BCUT2D eigenvalue weighted by atomic mass is 16.2. The highest BCUT2D eigenvalue weighted by molar-refractivity contribution is 6.02. The Balaban J connectivity index is 1.58. The molecule has 8 heteroatoms. The molecular weight excluding hydrogens is 384 g/mol. The summed E-state index contributed by atoms with van der Waals surface area (Å²) < 4.78 is 0. The molecule has 8 nitrogen and oxygen atoms in total. The second-order valence-electron chi connectivity index (χ2n) is 7.32. The van der Waals surface area contributed by atoms with Crippen molar-refractivity contribution in [2.24, 2.45) is 0 Å². The average molecular weight is 408 g/mol. The first-order valence-corrected chi connectivity index (χ1v) is 9.63. The molecule has 4 amide bonds. The Kier molecular flexibility index (Phi) is 6.15. The quantitative estimate of drug-likeness (QED) is 0.704. The number of hydrazine groups is 1. The van der Waals surface area contributed by atoms with Gasteiger partial charge in [-0.05, 0) is 56.2 Å². The Bertz CT molecular complexity index is 991. The van der Waals surface area contributed by atoms with Gasteiger partial charge in [0.05, 0.1) is 12.2 Å². The number of amides is 4. The van der Waals surface area contributed by atoms with Crippen LogP contribution in [0.1, 0.15) is 39.9 Å². The number of nitrogens with zero attached hydrogens (tertiary/aromatic N) is 1. The highest BCUT2D eigenvalue weighted by Gasteiger charge is 2.24. The molecule has 0 atom stereocenters. The van der Waals surface area contributed by atoms with Gasteiger partial charge in [0.15, 0.2) is 0 Å². The molecule has 30 heavy (non-hydrogen) atoms. The van der Waals surface area contributed by atoms with Gasteiger partial charge in [0.1, 0.15) is 0 Å². The van der Waals surface area contributed by atoms with Crippen LogP contribution in [0.4, 0.5) is 11.4 Å². The molecule has 3 rings (SSSR count). The predicted molar refractivity (Wildman–Crippen MR) is 113 cm³/mol. The second-order valence-corrected chi connectivity index (χ2v) is 7.32. The van der Waals surface area contributed by atoms with E-state index in [9.17, 15) is 19.2 Å². The van der Waals surface area contributed by atoms with Crippen LogP contribution in [0.15, 0.2) is 36.4 Å². The van der Waals surface area contributed by atoms with Gasteiger partial charge in [0.25, 0.3) is 5.91 Å². The lowest BCUT2D eigenvalue weighted by Crippen LogP contribution is -2.50. The molecule has 1 heterocycles. The Morgan fingerprint density at radius 3 is 2.27 bits per heavy atom. The van der Waals surface area contributed by atoms with Gasteiger partial charge in [0, 0.05) is 24.1 Å². The van der Waals surface area contributed by atoms with E-state index in [0.717, 1.165) is 22.4 Å². The van der Waals surface area contributed by atoms with E-state index in [2.05, 4.69) is 16.1 Å². The maximum atomic E-state index is 12.3. The molecule has 0 radical (unpaired) electrons. The monoisotopic (exact) mass is 408 g/mol. The zero-order chi connectivity index (χ0) is 21.8. The van der Waals surface area contributed by atoms with E-state index in [0.29, 0.717) is 11.3 Å². The summed E-state index contributed by atoms with van der Waals surface area (Å²) in [5, 5.41) is 6.59. The third-order valence-electron chi connectivity index (χ3n) is 4.79. The van der Waals surface area contributed by atoms with E-state index in [4.69, 9.17) is 0 Å². The Morgan fingerprint density at radius 1 is 1.00 bits per heavy atom. The number of nitrogens with one attached hydrogen (secondary N) is 3. The van der Waals surface area contributed by atoms with Gasteiger partial charge < -0.3 is 10.6 Å². The van der Waals surface area contributed by atoms with E-state index in [1.165, 1.54) is 17.1 Å². The molecule has 0 bridgehead atoms. The molecule has 3 N–H and O–H groups in total. The molecule has 1 aliphatic heterocycles. The summed E-state index contributed by atoms with van der Waals surface area (Å²) in [5.74, 6) is -1.19. The van der Waals surface area contributed by atoms with Gasteiger partial charge in [-0.15, -0.1) is 0 Å². The van der Waals surface area contributed by atoms with Crippen molar-refractivity contribution >= 4 is 35.0 Å². The van der Waals surface area contributed by atoms with E-state index >= 15 is 0 Å². The summed E-state index contributed by atoms with van der Waals surface area (Å²) in [6.07, 6.45) is 0.308. The van der Waals surface area contributed by atoms with Crippen molar-refractivity contribution < 1.29 is 19.2 Å². The van der Waals surface area contributed by atoms with E-state index < -0.39 is 5.91 Å². The standard InChI is InChI=1S/C22H24N4O4/c1-13-10-14(2)21(15(3)11-13)24-19(28)12-23-22(30)16-4-6-17(7-5-16)26-20(29)9-8-18(27)25-26/h4-7,10-11H,8-9,12H2,1-3H3,(H,23,30)(H,24,28)(H,25,27). The smallest absolute Gasteiger partial charge is 0.251 e. The van der Waals surface area contributed by atoms with Crippen molar-refractivity contribution in [3.8, 4) is 0 Å². The van der Waals surface area contributed by atoms with E-state index in [1.807, 2.05) is 32.9 Å². The van der Waals surface area contributed by atoms with Crippen LogP contribution in [-0.4, -0.2) is 30.2 Å². The molecule has 0 aliphatic carbocycles. The van der Waals surface area contributed by atoms with Crippen molar-refractivity contribution in [3.05, 3.63) is 58.7 Å². The van der Waals surface area contributed by atoms with Gasteiger partial charge in [0.2, 0.25) is 17.7 Å². The third-order valence-corrected chi connectivity index (χ3v) is 4.79. The summed E-state index contributed by atoms with van der Waals surface area (Å²) in [6, 6.07) is 10.2. The van der Waals surface area contributed by atoms with Crippen LogP contribution in [-0.2, 0) is 14.4 Å². The van der Waals surface area contributed by atoms with Crippen LogP contribution >= 0.6 is 0 Å². The predicted octanol–water partition coefficient (Wildman–Crippen LogP) is 2.14. The fourth-order valence-electron chi connectivity index (χ4n) is 3.37. The number of anilines is 2. The lowest BCUT2D eigenvalue weighted by molar-refractivity contribution is -0.130. The average Bonchev–Trinajstić information content (AvgIpc) is 2.71. The minimum Gasteiger partial charge on any atom is -0.343 e. The minimum absolute atomic E-state index is 0.142. The van der Waals surface area contributed by atoms with E-state index in [-0.39, 0.29) is 37.1 Å². The Labute approximate surface area is 174 Å². The molecular formula is C22H24N4O4. The summed E-state index contributed by atoms with van der Waals surface area (Å²) in [7, 11) is 0. The number of rotatable bonds is 5. The number of hydrogen-bond acceptors (Lipinski definition) is 4. The van der Waals surface area contributed by atoms with E-state index in [1.54, 1.807) is 12.1 Å². The minimum atomic E-state index is -0.414.